The van der Waals surface area contributed by atoms with Gasteiger partial charge in [-0.2, -0.15) is 0 Å². The van der Waals surface area contributed by atoms with Crippen LogP contribution in [0.4, 0.5) is 0 Å². The lowest BCUT2D eigenvalue weighted by atomic mass is 10.1. The van der Waals surface area contributed by atoms with E-state index in [-0.39, 0.29) is 16.8 Å². The molecule has 1 atom stereocenters. The van der Waals surface area contributed by atoms with E-state index in [4.69, 9.17) is 5.14 Å². The van der Waals surface area contributed by atoms with Crippen molar-refractivity contribution in [1.29, 1.82) is 0 Å². The molecule has 0 heterocycles. The molecular formula is C19H22N2O3S. The summed E-state index contributed by atoms with van der Waals surface area (Å²) < 4.78 is 22.6. The number of hydrogen-bond donors (Lipinski definition) is 1. The number of nitrogens with zero attached hydrogens (tertiary/aromatic N) is 1. The molecule has 0 spiro atoms. The van der Waals surface area contributed by atoms with Crippen molar-refractivity contribution in [3.63, 3.8) is 0 Å². The summed E-state index contributed by atoms with van der Waals surface area (Å²) in [5.74, 6) is -0.135. The Morgan fingerprint density at radius 1 is 1.16 bits per heavy atom. The predicted molar refractivity (Wildman–Crippen MR) is 99.2 cm³/mol. The first-order valence-electron chi connectivity index (χ1n) is 7.83. The highest BCUT2D eigenvalue weighted by molar-refractivity contribution is 7.89. The number of sulfonamides is 1. The first kappa shape index (κ1) is 18.9. The number of primary sulfonamides is 1. The Bertz CT molecular complexity index is 887. The maximum Gasteiger partial charge on any atom is 0.246 e. The number of rotatable bonds is 5. The van der Waals surface area contributed by atoms with E-state index in [2.05, 4.69) is 0 Å². The summed E-state index contributed by atoms with van der Waals surface area (Å²) in [7, 11) is -2.01. The molecule has 1 amide bonds. The first-order chi connectivity index (χ1) is 11.7. The van der Waals surface area contributed by atoms with Gasteiger partial charge in [-0.05, 0) is 43.2 Å². The Morgan fingerprint density at radius 2 is 1.80 bits per heavy atom. The van der Waals surface area contributed by atoms with E-state index in [9.17, 15) is 13.2 Å². The van der Waals surface area contributed by atoms with Crippen LogP contribution in [0.5, 0.6) is 0 Å². The minimum Gasteiger partial charge on any atom is -0.335 e. The molecule has 0 bridgehead atoms. The van der Waals surface area contributed by atoms with Crippen molar-refractivity contribution in [1.82, 2.24) is 4.90 Å². The number of benzene rings is 2. The van der Waals surface area contributed by atoms with Crippen LogP contribution >= 0.6 is 0 Å². The van der Waals surface area contributed by atoms with Gasteiger partial charge in [-0.1, -0.05) is 42.0 Å². The normalized spacial score (nSPS) is 13.0. The van der Waals surface area contributed by atoms with Gasteiger partial charge >= 0.3 is 0 Å². The van der Waals surface area contributed by atoms with Crippen LogP contribution in [0.3, 0.4) is 0 Å². The van der Waals surface area contributed by atoms with Gasteiger partial charge < -0.3 is 4.90 Å². The zero-order valence-corrected chi connectivity index (χ0v) is 15.3. The van der Waals surface area contributed by atoms with E-state index in [1.807, 2.05) is 38.1 Å². The maximum atomic E-state index is 12.4. The number of carbonyl (C=O) groups excluding carboxylic acids is 1. The van der Waals surface area contributed by atoms with Crippen LogP contribution in [-0.2, 0) is 14.8 Å². The van der Waals surface area contributed by atoms with E-state index in [1.54, 1.807) is 30.2 Å². The Hall–Kier alpha value is -2.44. The van der Waals surface area contributed by atoms with Crippen LogP contribution in [-0.4, -0.2) is 26.3 Å². The summed E-state index contributed by atoms with van der Waals surface area (Å²) >= 11 is 0. The topological polar surface area (TPSA) is 80.5 Å². The Kier molecular flexibility index (Phi) is 5.77. The standard InChI is InChI=1S/C19H22N2O3S/c1-14-5-4-6-16(13-14)7-12-19(22)21(3)15(2)17-8-10-18(11-9-17)25(20,23)24/h4-13,15H,1-3H3,(H2,20,23,24)/b12-7+. The molecule has 0 fully saturated rings. The van der Waals surface area contributed by atoms with Gasteiger partial charge in [-0.25, -0.2) is 13.6 Å². The quantitative estimate of drug-likeness (QED) is 0.835. The van der Waals surface area contributed by atoms with Crippen LogP contribution < -0.4 is 5.14 Å². The smallest absolute Gasteiger partial charge is 0.246 e. The zero-order chi connectivity index (χ0) is 18.6. The molecule has 2 N–H and O–H groups in total. The van der Waals surface area contributed by atoms with Gasteiger partial charge in [0.25, 0.3) is 0 Å². The molecule has 0 aliphatic carbocycles. The number of carbonyl (C=O) groups is 1. The SMILES string of the molecule is Cc1cccc(/C=C/C(=O)N(C)C(C)c2ccc(S(N)(=O)=O)cc2)c1. The summed E-state index contributed by atoms with van der Waals surface area (Å²) in [4.78, 5) is 14.0. The van der Waals surface area contributed by atoms with Crippen molar-refractivity contribution in [2.24, 2.45) is 5.14 Å². The molecule has 5 nitrogen and oxygen atoms in total. The molecule has 0 saturated heterocycles. The van der Waals surface area contributed by atoms with Gasteiger partial charge in [0.2, 0.25) is 15.9 Å². The maximum absolute atomic E-state index is 12.4. The second-order valence-electron chi connectivity index (χ2n) is 5.99. The third-order valence-electron chi connectivity index (χ3n) is 4.08. The van der Waals surface area contributed by atoms with Crippen molar-refractivity contribution in [3.05, 3.63) is 71.3 Å². The van der Waals surface area contributed by atoms with E-state index >= 15 is 0 Å². The average molecular weight is 358 g/mol. The monoisotopic (exact) mass is 358 g/mol. The number of nitrogens with two attached hydrogens (primary N) is 1. The zero-order valence-electron chi connectivity index (χ0n) is 14.5. The molecule has 0 aliphatic heterocycles. The van der Waals surface area contributed by atoms with E-state index in [1.165, 1.54) is 18.2 Å². The number of hydrogen-bond acceptors (Lipinski definition) is 3. The van der Waals surface area contributed by atoms with Gasteiger partial charge in [0, 0.05) is 13.1 Å². The highest BCUT2D eigenvalue weighted by Crippen LogP contribution is 2.21. The molecule has 1 unspecified atom stereocenters. The molecule has 2 aromatic rings. The van der Waals surface area contributed by atoms with Crippen LogP contribution in [0.2, 0.25) is 0 Å². The van der Waals surface area contributed by atoms with Crippen LogP contribution in [0.1, 0.15) is 29.7 Å². The molecule has 2 aromatic carbocycles. The second kappa shape index (κ2) is 7.63. The van der Waals surface area contributed by atoms with Crippen LogP contribution in [0.25, 0.3) is 6.08 Å². The summed E-state index contributed by atoms with van der Waals surface area (Å²) in [6.45, 7) is 3.88. The Labute approximate surface area is 148 Å². The molecule has 0 aliphatic rings. The van der Waals surface area contributed by atoms with Crippen LogP contribution in [0, 0.1) is 6.92 Å². The Morgan fingerprint density at radius 3 is 2.36 bits per heavy atom. The van der Waals surface area contributed by atoms with Crippen molar-refractivity contribution in [3.8, 4) is 0 Å². The second-order valence-corrected chi connectivity index (χ2v) is 7.55. The summed E-state index contributed by atoms with van der Waals surface area (Å²) in [6.07, 6.45) is 3.31. The van der Waals surface area contributed by atoms with E-state index in [0.29, 0.717) is 0 Å². The summed E-state index contributed by atoms with van der Waals surface area (Å²) in [5, 5.41) is 5.09. The van der Waals surface area contributed by atoms with E-state index in [0.717, 1.165) is 16.7 Å². The summed E-state index contributed by atoms with van der Waals surface area (Å²) in [6, 6.07) is 13.9. The fourth-order valence-electron chi connectivity index (χ4n) is 2.41. The molecule has 25 heavy (non-hydrogen) atoms. The predicted octanol–water partition coefficient (Wildman–Crippen LogP) is 2.88. The van der Waals surface area contributed by atoms with Gasteiger partial charge in [0.05, 0.1) is 10.9 Å². The summed E-state index contributed by atoms with van der Waals surface area (Å²) in [5.41, 5.74) is 2.92. The molecule has 0 aromatic heterocycles. The largest absolute Gasteiger partial charge is 0.335 e. The fourth-order valence-corrected chi connectivity index (χ4v) is 2.92. The number of aryl methyl sites for hydroxylation is 1. The minimum absolute atomic E-state index is 0.0526. The van der Waals surface area contributed by atoms with Crippen molar-refractivity contribution < 1.29 is 13.2 Å². The van der Waals surface area contributed by atoms with Gasteiger partial charge in [-0.15, -0.1) is 0 Å². The minimum atomic E-state index is -3.72. The Balaban J connectivity index is 2.10. The lowest BCUT2D eigenvalue weighted by molar-refractivity contribution is -0.126. The molecule has 6 heteroatoms. The molecule has 132 valence electrons. The molecule has 2 rings (SSSR count). The third kappa shape index (κ3) is 5.01. The average Bonchev–Trinajstić information content (AvgIpc) is 2.58. The molecule has 0 radical (unpaired) electrons. The lowest BCUT2D eigenvalue weighted by Gasteiger charge is -2.24. The highest BCUT2D eigenvalue weighted by atomic mass is 32.2. The van der Waals surface area contributed by atoms with Crippen molar-refractivity contribution in [2.45, 2.75) is 24.8 Å². The number of likely N-dealkylation sites (N-methyl/N-ethyl adjacent to an activating group) is 1. The number of amides is 1. The first-order valence-corrected chi connectivity index (χ1v) is 9.37. The molecular weight excluding hydrogens is 336 g/mol. The van der Waals surface area contributed by atoms with Crippen molar-refractivity contribution >= 4 is 22.0 Å². The van der Waals surface area contributed by atoms with Gasteiger partial charge in [-0.3, -0.25) is 4.79 Å². The fraction of sp³-hybridized carbons (Fsp3) is 0.211. The van der Waals surface area contributed by atoms with Crippen molar-refractivity contribution in [2.75, 3.05) is 7.05 Å². The highest BCUT2D eigenvalue weighted by Gasteiger charge is 2.16. The third-order valence-corrected chi connectivity index (χ3v) is 5.01. The van der Waals surface area contributed by atoms with Gasteiger partial charge in [0.15, 0.2) is 0 Å². The van der Waals surface area contributed by atoms with Crippen LogP contribution in [0.15, 0.2) is 59.5 Å². The molecule has 0 saturated carbocycles. The lowest BCUT2D eigenvalue weighted by Crippen LogP contribution is -2.28. The van der Waals surface area contributed by atoms with E-state index < -0.39 is 10.0 Å². The van der Waals surface area contributed by atoms with Gasteiger partial charge in [0.1, 0.15) is 0 Å².